The van der Waals surface area contributed by atoms with Gasteiger partial charge in [0.05, 0.1) is 28.6 Å². The summed E-state index contributed by atoms with van der Waals surface area (Å²) in [6.07, 6.45) is 6.86. The summed E-state index contributed by atoms with van der Waals surface area (Å²) >= 11 is 3.18. The molecule has 0 spiro atoms. The molecule has 0 N–H and O–H groups in total. The Labute approximate surface area is 329 Å². The number of hydrogen-bond donors (Lipinski definition) is 0. The highest BCUT2D eigenvalue weighted by Crippen LogP contribution is 2.32. The molecule has 0 bridgehead atoms. The third-order valence-electron chi connectivity index (χ3n) is 9.11. The van der Waals surface area contributed by atoms with E-state index in [0.29, 0.717) is 19.4 Å². The Morgan fingerprint density at radius 2 is 1.28 bits per heavy atom. The first-order valence-corrected chi connectivity index (χ1v) is 20.5. The van der Waals surface area contributed by atoms with Crippen molar-refractivity contribution in [2.75, 3.05) is 13.7 Å². The Balaban J connectivity index is 0.000000266. The molecule has 1 aliphatic heterocycles. The van der Waals surface area contributed by atoms with Gasteiger partial charge in [-0.15, -0.1) is 22.7 Å². The number of ketones is 1. The van der Waals surface area contributed by atoms with Crippen molar-refractivity contribution in [1.82, 2.24) is 14.9 Å². The second-order valence-electron chi connectivity index (χ2n) is 15.8. The van der Waals surface area contributed by atoms with Crippen molar-refractivity contribution in [1.29, 1.82) is 0 Å². The van der Waals surface area contributed by atoms with Crippen molar-refractivity contribution in [3.05, 3.63) is 105 Å². The number of benzene rings is 2. The number of nitrogens with zero attached hydrogens (tertiary/aromatic N) is 3. The molecule has 2 aromatic carbocycles. The molecule has 0 radical (unpaired) electrons. The summed E-state index contributed by atoms with van der Waals surface area (Å²) < 4.78 is 16.9. The van der Waals surface area contributed by atoms with E-state index in [-0.39, 0.29) is 47.7 Å². The number of Topliss-reactive ketones (excluding diaryl/α,β-unsaturated/α-hetero) is 1. The molecule has 0 aliphatic carbocycles. The highest BCUT2D eigenvalue weighted by molar-refractivity contribution is 7.09. The zero-order chi connectivity index (χ0) is 39.3. The Hall–Kier alpha value is -3.93. The van der Waals surface area contributed by atoms with Crippen LogP contribution in [0.25, 0.3) is 0 Å². The van der Waals surface area contributed by atoms with E-state index in [1.807, 2.05) is 95.6 Å². The second-order valence-corrected chi connectivity index (χ2v) is 17.7. The predicted molar refractivity (Wildman–Crippen MR) is 216 cm³/mol. The fourth-order valence-electron chi connectivity index (χ4n) is 6.74. The Bertz CT molecular complexity index is 1700. The Kier molecular flexibility index (Phi) is 15.9. The molecule has 3 heterocycles. The molecule has 1 aliphatic rings. The van der Waals surface area contributed by atoms with Crippen LogP contribution in [0.3, 0.4) is 0 Å². The van der Waals surface area contributed by atoms with Crippen LogP contribution in [-0.4, -0.2) is 69.7 Å². The quantitative estimate of drug-likeness (QED) is 0.117. The Morgan fingerprint density at radius 1 is 0.778 bits per heavy atom. The van der Waals surface area contributed by atoms with Crippen molar-refractivity contribution in [3.63, 3.8) is 0 Å². The molecule has 0 unspecified atom stereocenters. The highest BCUT2D eigenvalue weighted by Gasteiger charge is 2.41. The normalized spacial score (nSPS) is 16.7. The summed E-state index contributed by atoms with van der Waals surface area (Å²) in [4.78, 5) is 49.0. The number of ether oxygens (including phenoxy) is 3. The third-order valence-corrected chi connectivity index (χ3v) is 11.0. The van der Waals surface area contributed by atoms with E-state index >= 15 is 0 Å². The maximum atomic E-state index is 13.5. The lowest BCUT2D eigenvalue weighted by atomic mass is 9.86. The number of methoxy groups -OCH3 is 1. The molecule has 54 heavy (non-hydrogen) atoms. The van der Waals surface area contributed by atoms with E-state index in [1.54, 1.807) is 47.1 Å². The van der Waals surface area contributed by atoms with Crippen molar-refractivity contribution in [2.24, 2.45) is 5.92 Å². The number of carbonyl (C=O) groups is 3. The lowest BCUT2D eigenvalue weighted by Crippen LogP contribution is -2.49. The summed E-state index contributed by atoms with van der Waals surface area (Å²) in [6.45, 7) is 13.8. The molecule has 1 fully saturated rings. The molecule has 292 valence electrons. The van der Waals surface area contributed by atoms with Crippen LogP contribution in [0, 0.1) is 5.92 Å². The Morgan fingerprint density at radius 3 is 1.72 bits per heavy atom. The molecule has 9 nitrogen and oxygen atoms in total. The van der Waals surface area contributed by atoms with Crippen molar-refractivity contribution < 1.29 is 28.6 Å². The van der Waals surface area contributed by atoms with E-state index in [4.69, 9.17) is 14.2 Å². The number of thiazole rings is 2. The van der Waals surface area contributed by atoms with Gasteiger partial charge in [-0.2, -0.15) is 0 Å². The van der Waals surface area contributed by atoms with Gasteiger partial charge in [-0.05, 0) is 78.4 Å². The molecule has 5 atom stereocenters. The summed E-state index contributed by atoms with van der Waals surface area (Å²) in [5.41, 5.74) is 1.39. The van der Waals surface area contributed by atoms with Crippen LogP contribution in [0.4, 0.5) is 4.79 Å². The zero-order valence-corrected chi connectivity index (χ0v) is 34.7. The molecular formula is C43H57N3O6S2. The van der Waals surface area contributed by atoms with Gasteiger partial charge in [0.1, 0.15) is 17.0 Å². The molecule has 1 amide bonds. The number of aromatic nitrogens is 2. The molecular weight excluding hydrogens is 719 g/mol. The molecule has 2 aromatic heterocycles. The SMILES string of the molecule is CC(C)(C)OC(=O)C[C@@H](Cc1ccccc1)c1nccs1.CO[C@H]([C@@H](C)C(=O)C[C@@H](Cc1ccccc1)c1nccs1)[C@@H]1CCCN1C(=O)OC(C)(C)C. The number of likely N-dealkylation sites (tertiary alicyclic amines) is 1. The fourth-order valence-corrected chi connectivity index (χ4v) is 8.22. The molecule has 5 rings (SSSR count). The number of hydrogen-bond acceptors (Lipinski definition) is 10. The first-order valence-electron chi connectivity index (χ1n) is 18.8. The minimum absolute atomic E-state index is 0.0189. The maximum absolute atomic E-state index is 13.5. The van der Waals surface area contributed by atoms with Gasteiger partial charge in [0.15, 0.2) is 0 Å². The monoisotopic (exact) mass is 775 g/mol. The molecule has 11 heteroatoms. The average molecular weight is 776 g/mol. The van der Waals surface area contributed by atoms with Crippen LogP contribution in [0.5, 0.6) is 0 Å². The van der Waals surface area contributed by atoms with Crippen molar-refractivity contribution >= 4 is 40.5 Å². The topological polar surface area (TPSA) is 108 Å². The lowest BCUT2D eigenvalue weighted by Gasteiger charge is -2.35. The van der Waals surface area contributed by atoms with Gasteiger partial charge in [-0.1, -0.05) is 67.6 Å². The molecule has 4 aromatic rings. The minimum atomic E-state index is -0.563. The van der Waals surface area contributed by atoms with Gasteiger partial charge < -0.3 is 19.1 Å². The molecule has 1 saturated heterocycles. The van der Waals surface area contributed by atoms with Crippen LogP contribution in [0.2, 0.25) is 0 Å². The number of esters is 1. The minimum Gasteiger partial charge on any atom is -0.460 e. The van der Waals surface area contributed by atoms with Gasteiger partial charge in [0.2, 0.25) is 0 Å². The second kappa shape index (κ2) is 20.1. The smallest absolute Gasteiger partial charge is 0.410 e. The van der Waals surface area contributed by atoms with Crippen LogP contribution in [0.1, 0.15) is 107 Å². The van der Waals surface area contributed by atoms with E-state index in [2.05, 4.69) is 34.2 Å². The van der Waals surface area contributed by atoms with E-state index < -0.39 is 11.2 Å². The van der Waals surface area contributed by atoms with Crippen molar-refractivity contribution in [2.45, 2.75) is 122 Å². The van der Waals surface area contributed by atoms with Gasteiger partial charge in [0.25, 0.3) is 0 Å². The largest absolute Gasteiger partial charge is 0.460 e. The third kappa shape index (κ3) is 13.7. The van der Waals surface area contributed by atoms with Gasteiger partial charge in [-0.3, -0.25) is 9.59 Å². The highest BCUT2D eigenvalue weighted by atomic mass is 32.1. The number of carbonyl (C=O) groups excluding carboxylic acids is 3. The van der Waals surface area contributed by atoms with Gasteiger partial charge >= 0.3 is 12.1 Å². The first kappa shape index (κ1) is 42.8. The summed E-state index contributed by atoms with van der Waals surface area (Å²) in [5, 5.41) is 5.87. The van der Waals surface area contributed by atoms with Crippen molar-refractivity contribution in [3.8, 4) is 0 Å². The average Bonchev–Trinajstić information content (AvgIpc) is 3.92. The summed E-state index contributed by atoms with van der Waals surface area (Å²) in [6, 6.07) is 20.2. The lowest BCUT2D eigenvalue weighted by molar-refractivity contribution is -0.155. The fraction of sp³-hybridized carbons (Fsp3) is 0.512. The number of amides is 1. The summed E-state index contributed by atoms with van der Waals surface area (Å²) in [7, 11) is 1.63. The predicted octanol–water partition coefficient (Wildman–Crippen LogP) is 9.68. The van der Waals surface area contributed by atoms with Crippen LogP contribution < -0.4 is 0 Å². The van der Waals surface area contributed by atoms with Crippen LogP contribution >= 0.6 is 22.7 Å². The van der Waals surface area contributed by atoms with Gasteiger partial charge in [-0.25, -0.2) is 14.8 Å². The van der Waals surface area contributed by atoms with Crippen LogP contribution in [-0.2, 0) is 36.6 Å². The van der Waals surface area contributed by atoms with E-state index in [1.165, 1.54) is 11.1 Å². The summed E-state index contributed by atoms with van der Waals surface area (Å²) in [5.74, 6) is -0.290. The van der Waals surface area contributed by atoms with Crippen LogP contribution in [0.15, 0.2) is 83.8 Å². The van der Waals surface area contributed by atoms with Gasteiger partial charge in [0, 0.05) is 61.0 Å². The van der Waals surface area contributed by atoms with E-state index in [9.17, 15) is 14.4 Å². The number of rotatable bonds is 14. The standard InChI is InChI=1S/C26H36N2O4S.C17H21NO2S/c1-18(23(31-5)21-12-9-14-28(21)25(30)32-26(2,3)4)22(29)17-20(24-27-13-15-33-24)16-19-10-7-6-8-11-19;1-17(2,3)20-15(19)12-14(16-18-9-10-21-16)11-13-7-5-4-6-8-13/h6-8,10-11,13,15,18,20-21,23H,9,12,14,16-17H2,1-5H3;4-10,14H,11-12H2,1-3H3/t18-,20+,21-,23+;14-/m01/s1. The first-order chi connectivity index (χ1) is 25.6. The maximum Gasteiger partial charge on any atom is 0.410 e. The molecule has 0 saturated carbocycles. The zero-order valence-electron chi connectivity index (χ0n) is 33.0. The van der Waals surface area contributed by atoms with E-state index in [0.717, 1.165) is 35.7 Å².